The lowest BCUT2D eigenvalue weighted by atomic mass is 9.82. The number of para-hydroxylation sites is 1. The lowest BCUT2D eigenvalue weighted by molar-refractivity contribution is -0.308. The molecule has 0 spiro atoms. The molecule has 8 heteroatoms. The molecule has 0 aromatic heterocycles. The first-order valence-corrected chi connectivity index (χ1v) is 9.30. The summed E-state index contributed by atoms with van der Waals surface area (Å²) < 4.78 is 0. The smallest absolute Gasteiger partial charge is 0.243 e. The first-order chi connectivity index (χ1) is 14.4. The Morgan fingerprint density at radius 1 is 0.833 bits per heavy atom. The van der Waals surface area contributed by atoms with E-state index in [4.69, 9.17) is 0 Å². The minimum atomic E-state index is -1.64. The Bertz CT molecular complexity index is 1150. The van der Waals surface area contributed by atoms with Crippen molar-refractivity contribution in [1.29, 1.82) is 0 Å². The summed E-state index contributed by atoms with van der Waals surface area (Å²) in [5.74, 6) is -8.22. The number of fused-ring (bicyclic) bond motifs is 2. The zero-order valence-corrected chi connectivity index (χ0v) is 15.3. The van der Waals surface area contributed by atoms with Gasteiger partial charge in [0.15, 0.2) is 11.6 Å². The fourth-order valence-electron chi connectivity index (χ4n) is 4.54. The van der Waals surface area contributed by atoms with Crippen molar-refractivity contribution in [2.75, 3.05) is 4.90 Å². The summed E-state index contributed by atoms with van der Waals surface area (Å²) in [5.41, 5.74) is 0.503. The number of anilines is 1. The van der Waals surface area contributed by atoms with Gasteiger partial charge in [0.1, 0.15) is 12.0 Å². The zero-order valence-electron chi connectivity index (χ0n) is 15.3. The maximum Gasteiger partial charge on any atom is 0.243 e. The molecule has 1 saturated heterocycles. The lowest BCUT2D eigenvalue weighted by Gasteiger charge is -2.18. The highest BCUT2D eigenvalue weighted by atomic mass is 16.4. The highest BCUT2D eigenvalue weighted by Crippen LogP contribution is 2.43. The molecule has 2 amide bonds. The highest BCUT2D eigenvalue weighted by molar-refractivity contribution is 6.41. The van der Waals surface area contributed by atoms with E-state index in [9.17, 15) is 29.1 Å². The monoisotopic (exact) mass is 401 g/mol. The molecule has 2 aliphatic heterocycles. The summed E-state index contributed by atoms with van der Waals surface area (Å²) in [6.07, 6.45) is 0. The third-order valence-corrected chi connectivity index (χ3v) is 5.83. The van der Waals surface area contributed by atoms with Crippen LogP contribution in [0.15, 0.2) is 59.6 Å². The number of Topliss-reactive ketones (excluding diaryl/α,β-unsaturated/α-hetero) is 2. The largest absolute Gasteiger partial charge is 0.548 e. The SMILES string of the molecule is O=C1c2ccccc2C(=O)C1C1=N[C@H](C(=O)[O-])[C@H]2C(=O)N(c3ccccc3)C(=O)[C@H]12. The predicted molar refractivity (Wildman–Crippen MR) is 101 cm³/mol. The van der Waals surface area contributed by atoms with Crippen LogP contribution in [-0.2, 0) is 14.4 Å². The van der Waals surface area contributed by atoms with Crippen LogP contribution >= 0.6 is 0 Å². The van der Waals surface area contributed by atoms with Gasteiger partial charge in [-0.25, -0.2) is 4.90 Å². The molecule has 0 radical (unpaired) electrons. The molecule has 8 nitrogen and oxygen atoms in total. The number of carbonyl (C=O) groups excluding carboxylic acids is 5. The zero-order chi connectivity index (χ0) is 21.2. The number of aliphatic imine (C=N–C) groups is 1. The molecular weight excluding hydrogens is 388 g/mol. The average Bonchev–Trinajstić information content (AvgIpc) is 3.33. The quantitative estimate of drug-likeness (QED) is 0.529. The Morgan fingerprint density at radius 3 is 1.97 bits per heavy atom. The van der Waals surface area contributed by atoms with E-state index < -0.39 is 53.1 Å². The summed E-state index contributed by atoms with van der Waals surface area (Å²) in [7, 11) is 0. The van der Waals surface area contributed by atoms with E-state index in [0.29, 0.717) is 0 Å². The summed E-state index contributed by atoms with van der Waals surface area (Å²) in [4.78, 5) is 68.7. The number of nitrogens with zero attached hydrogens (tertiary/aromatic N) is 2. The van der Waals surface area contributed by atoms with Crippen LogP contribution in [0.1, 0.15) is 20.7 Å². The molecule has 148 valence electrons. The summed E-state index contributed by atoms with van der Waals surface area (Å²) in [6, 6.07) is 12.6. The predicted octanol–water partition coefficient (Wildman–Crippen LogP) is 0.0607. The molecular formula is C22H13N2O6-. The Hall–Kier alpha value is -3.94. The van der Waals surface area contributed by atoms with Crippen LogP contribution in [0, 0.1) is 17.8 Å². The van der Waals surface area contributed by atoms with Gasteiger partial charge in [-0.05, 0) is 12.1 Å². The Labute approximate surface area is 169 Å². The standard InChI is InChI=1S/C22H14N2O6/c25-18-11-8-4-5-9-12(11)19(26)15(18)16-13-14(17(23-16)22(29)30)21(28)24(20(13)27)10-6-2-1-3-7-10/h1-9,13-15,17H,(H,29,30)/p-1/t13-,14-,17-/m0/s1. The fourth-order valence-corrected chi connectivity index (χ4v) is 4.54. The van der Waals surface area contributed by atoms with Crippen LogP contribution in [0.4, 0.5) is 5.69 Å². The number of benzene rings is 2. The van der Waals surface area contributed by atoms with Gasteiger partial charge in [-0.2, -0.15) is 0 Å². The van der Waals surface area contributed by atoms with Crippen molar-refractivity contribution >= 4 is 40.7 Å². The van der Waals surface area contributed by atoms with Crippen molar-refractivity contribution in [3.05, 3.63) is 65.7 Å². The molecule has 3 aliphatic rings. The van der Waals surface area contributed by atoms with Crippen LogP contribution < -0.4 is 10.0 Å². The van der Waals surface area contributed by atoms with E-state index in [1.165, 1.54) is 12.1 Å². The molecule has 0 saturated carbocycles. The first kappa shape index (κ1) is 18.1. The molecule has 0 bridgehead atoms. The fraction of sp³-hybridized carbons (Fsp3) is 0.182. The van der Waals surface area contributed by atoms with E-state index in [1.54, 1.807) is 42.5 Å². The van der Waals surface area contributed by atoms with E-state index in [1.807, 2.05) is 0 Å². The number of carboxylic acids is 1. The van der Waals surface area contributed by atoms with Crippen LogP contribution in [0.2, 0.25) is 0 Å². The number of rotatable bonds is 3. The van der Waals surface area contributed by atoms with Crippen molar-refractivity contribution in [2.24, 2.45) is 22.7 Å². The summed E-state index contributed by atoms with van der Waals surface area (Å²) in [6.45, 7) is 0. The van der Waals surface area contributed by atoms with Gasteiger partial charge in [-0.3, -0.25) is 24.2 Å². The molecule has 2 aromatic carbocycles. The number of carbonyl (C=O) groups is 5. The molecule has 2 aromatic rings. The van der Waals surface area contributed by atoms with Gasteiger partial charge >= 0.3 is 0 Å². The van der Waals surface area contributed by atoms with Crippen LogP contribution in [-0.4, -0.2) is 41.1 Å². The number of aliphatic carboxylic acids is 1. The number of carboxylic acid groups (broad SMARTS) is 1. The van der Waals surface area contributed by atoms with Gasteiger partial charge in [-0.1, -0.05) is 42.5 Å². The maximum atomic E-state index is 13.2. The molecule has 3 atom stereocenters. The van der Waals surface area contributed by atoms with Gasteiger partial charge in [0.05, 0.1) is 23.5 Å². The van der Waals surface area contributed by atoms with Crippen molar-refractivity contribution < 1.29 is 29.1 Å². The number of hydrogen-bond donors (Lipinski definition) is 0. The molecule has 0 unspecified atom stereocenters. The molecule has 2 heterocycles. The van der Waals surface area contributed by atoms with E-state index in [-0.39, 0.29) is 22.5 Å². The Kier molecular flexibility index (Phi) is 3.79. The van der Waals surface area contributed by atoms with Gasteiger partial charge in [0, 0.05) is 16.8 Å². The van der Waals surface area contributed by atoms with E-state index >= 15 is 0 Å². The lowest BCUT2D eigenvalue weighted by Crippen LogP contribution is -2.42. The van der Waals surface area contributed by atoms with Crippen LogP contribution in [0.5, 0.6) is 0 Å². The minimum absolute atomic E-state index is 0.169. The highest BCUT2D eigenvalue weighted by Gasteiger charge is 2.61. The number of ketones is 2. The summed E-state index contributed by atoms with van der Waals surface area (Å²) in [5, 5.41) is 11.7. The van der Waals surface area contributed by atoms with Crippen molar-refractivity contribution in [2.45, 2.75) is 6.04 Å². The molecule has 5 rings (SSSR count). The molecule has 1 fully saturated rings. The molecule has 0 N–H and O–H groups in total. The second-order valence-electron chi connectivity index (χ2n) is 7.38. The van der Waals surface area contributed by atoms with E-state index in [0.717, 1.165) is 4.90 Å². The van der Waals surface area contributed by atoms with Crippen molar-refractivity contribution in [1.82, 2.24) is 0 Å². The number of hydrogen-bond acceptors (Lipinski definition) is 7. The third-order valence-electron chi connectivity index (χ3n) is 5.83. The molecule has 1 aliphatic carbocycles. The number of imide groups is 1. The number of amides is 2. The second-order valence-corrected chi connectivity index (χ2v) is 7.38. The average molecular weight is 401 g/mol. The Morgan fingerprint density at radius 2 is 1.40 bits per heavy atom. The topological polar surface area (TPSA) is 124 Å². The third kappa shape index (κ3) is 2.27. The van der Waals surface area contributed by atoms with Gasteiger partial charge in [-0.15, -0.1) is 0 Å². The van der Waals surface area contributed by atoms with E-state index in [2.05, 4.69) is 4.99 Å². The summed E-state index contributed by atoms with van der Waals surface area (Å²) >= 11 is 0. The normalized spacial score (nSPS) is 25.5. The van der Waals surface area contributed by atoms with Gasteiger partial charge in [0.25, 0.3) is 0 Å². The minimum Gasteiger partial charge on any atom is -0.548 e. The second kappa shape index (κ2) is 6.28. The molecule has 30 heavy (non-hydrogen) atoms. The van der Waals surface area contributed by atoms with Gasteiger partial charge < -0.3 is 9.90 Å². The van der Waals surface area contributed by atoms with Crippen molar-refractivity contribution in [3.63, 3.8) is 0 Å². The Balaban J connectivity index is 1.61. The maximum absolute atomic E-state index is 13.2. The van der Waals surface area contributed by atoms with Crippen molar-refractivity contribution in [3.8, 4) is 0 Å². The van der Waals surface area contributed by atoms with Crippen LogP contribution in [0.3, 0.4) is 0 Å². The first-order valence-electron chi connectivity index (χ1n) is 9.30. The van der Waals surface area contributed by atoms with Crippen LogP contribution in [0.25, 0.3) is 0 Å². The van der Waals surface area contributed by atoms with Gasteiger partial charge in [0.2, 0.25) is 11.8 Å².